The van der Waals surface area contributed by atoms with E-state index in [4.69, 9.17) is 10.8 Å². The number of rotatable bonds is 14. The number of benzene rings is 1. The third kappa shape index (κ3) is 9.88. The molecule has 5 atom stereocenters. The molecule has 1 aromatic rings. The van der Waals surface area contributed by atoms with Gasteiger partial charge in [-0.15, -0.1) is 0 Å². The van der Waals surface area contributed by atoms with E-state index in [9.17, 15) is 39.3 Å². The maximum absolute atomic E-state index is 13.0. The molecule has 5 unspecified atom stereocenters. The number of carbonyl (C=O) groups excluding carboxylic acids is 3. The molecule has 1 rings (SSSR count). The number of nitrogens with one attached hydrogen (secondary N) is 3. The molecular formula is C23H34N4O9. The van der Waals surface area contributed by atoms with Crippen LogP contribution < -0.4 is 21.7 Å². The molecule has 1 aromatic carbocycles. The van der Waals surface area contributed by atoms with Gasteiger partial charge in [0, 0.05) is 12.8 Å². The van der Waals surface area contributed by atoms with E-state index in [1.807, 2.05) is 0 Å². The van der Waals surface area contributed by atoms with Gasteiger partial charge in [0.05, 0.1) is 12.1 Å². The second-order valence-electron chi connectivity index (χ2n) is 8.76. The van der Waals surface area contributed by atoms with Crippen molar-refractivity contribution in [3.05, 3.63) is 29.8 Å². The number of amides is 3. The number of aliphatic carboxylic acids is 2. The zero-order valence-corrected chi connectivity index (χ0v) is 20.3. The van der Waals surface area contributed by atoms with Gasteiger partial charge in [-0.3, -0.25) is 19.2 Å². The zero-order chi connectivity index (χ0) is 27.6. The molecule has 13 nitrogen and oxygen atoms in total. The molecule has 36 heavy (non-hydrogen) atoms. The lowest BCUT2D eigenvalue weighted by Gasteiger charge is -2.27. The molecule has 0 aromatic heterocycles. The maximum atomic E-state index is 13.0. The van der Waals surface area contributed by atoms with E-state index in [0.29, 0.717) is 5.56 Å². The topological polar surface area (TPSA) is 228 Å². The average molecular weight is 511 g/mol. The van der Waals surface area contributed by atoms with E-state index < -0.39 is 72.8 Å². The highest BCUT2D eigenvalue weighted by Gasteiger charge is 2.33. The lowest BCUT2D eigenvalue weighted by atomic mass is 10.0. The number of carbonyl (C=O) groups is 5. The number of nitrogens with two attached hydrogens (primary N) is 1. The van der Waals surface area contributed by atoms with Gasteiger partial charge < -0.3 is 42.1 Å². The standard InChI is InChI=1S/C23H34N4O9/c1-11(2)18(24)21(33)27-19(12(3)28)22(34)26-16(10-13-4-6-14(29)7-5-13)20(32)25-15(23(35)36)8-9-17(30)31/h4-7,11-12,15-16,18-19,28-29H,8-10,24H2,1-3H3,(H,25,32)(H,26,34)(H,27,33)(H,30,31)(H,35,36). The normalized spacial score (nSPS) is 15.2. The van der Waals surface area contributed by atoms with Gasteiger partial charge in [0.1, 0.15) is 23.9 Å². The summed E-state index contributed by atoms with van der Waals surface area (Å²) in [6, 6.07) is 0.332. The summed E-state index contributed by atoms with van der Waals surface area (Å²) in [5, 5.41) is 44.7. The van der Waals surface area contributed by atoms with Crippen LogP contribution in [0, 0.1) is 5.92 Å². The number of phenolic OH excluding ortho intramolecular Hbond substituents is 1. The van der Waals surface area contributed by atoms with Gasteiger partial charge in [0.15, 0.2) is 0 Å². The van der Waals surface area contributed by atoms with Gasteiger partial charge in [-0.2, -0.15) is 0 Å². The van der Waals surface area contributed by atoms with Gasteiger partial charge in [-0.25, -0.2) is 4.79 Å². The van der Waals surface area contributed by atoms with Crippen LogP contribution in [0.15, 0.2) is 24.3 Å². The molecule has 13 heteroatoms. The van der Waals surface area contributed by atoms with Crippen LogP contribution in [0.3, 0.4) is 0 Å². The third-order valence-electron chi connectivity index (χ3n) is 5.35. The summed E-state index contributed by atoms with van der Waals surface area (Å²) in [4.78, 5) is 60.6. The average Bonchev–Trinajstić information content (AvgIpc) is 2.79. The van der Waals surface area contributed by atoms with Crippen molar-refractivity contribution in [1.29, 1.82) is 0 Å². The van der Waals surface area contributed by atoms with Gasteiger partial charge >= 0.3 is 11.9 Å². The van der Waals surface area contributed by atoms with Crippen LogP contribution in [0.2, 0.25) is 0 Å². The second kappa shape index (κ2) is 14.0. The van der Waals surface area contributed by atoms with Crippen molar-refractivity contribution in [2.24, 2.45) is 11.7 Å². The molecule has 0 aliphatic heterocycles. The fourth-order valence-corrected chi connectivity index (χ4v) is 3.09. The highest BCUT2D eigenvalue weighted by atomic mass is 16.4. The Bertz CT molecular complexity index is 934. The first-order valence-corrected chi connectivity index (χ1v) is 11.3. The SMILES string of the molecule is CC(C)C(N)C(=O)NC(C(=O)NC(Cc1ccc(O)cc1)C(=O)NC(CCC(=O)O)C(=O)O)C(C)O. The molecule has 200 valence electrons. The number of aliphatic hydroxyl groups excluding tert-OH is 1. The van der Waals surface area contributed by atoms with Crippen molar-refractivity contribution in [3.63, 3.8) is 0 Å². The van der Waals surface area contributed by atoms with Gasteiger partial charge in [0.2, 0.25) is 17.7 Å². The molecule has 9 N–H and O–H groups in total. The smallest absolute Gasteiger partial charge is 0.326 e. The van der Waals surface area contributed by atoms with Gasteiger partial charge in [-0.05, 0) is 37.0 Å². The molecule has 0 heterocycles. The maximum Gasteiger partial charge on any atom is 0.326 e. The number of phenols is 1. The fraction of sp³-hybridized carbons (Fsp3) is 0.522. The number of aliphatic hydroxyl groups is 1. The van der Waals surface area contributed by atoms with Crippen LogP contribution in [0.4, 0.5) is 0 Å². The number of carboxylic acids is 2. The van der Waals surface area contributed by atoms with Gasteiger partial charge in [-0.1, -0.05) is 26.0 Å². The summed E-state index contributed by atoms with van der Waals surface area (Å²) in [6.45, 7) is 4.65. The Morgan fingerprint density at radius 1 is 0.861 bits per heavy atom. The van der Waals surface area contributed by atoms with Crippen LogP contribution in [0.1, 0.15) is 39.2 Å². The zero-order valence-electron chi connectivity index (χ0n) is 20.3. The highest BCUT2D eigenvalue weighted by Crippen LogP contribution is 2.12. The Hall–Kier alpha value is -3.71. The summed E-state index contributed by atoms with van der Waals surface area (Å²) in [6.07, 6.45) is -2.42. The van der Waals surface area contributed by atoms with Crippen molar-refractivity contribution in [2.75, 3.05) is 0 Å². The number of carboxylic acid groups (broad SMARTS) is 2. The number of hydrogen-bond acceptors (Lipinski definition) is 8. The largest absolute Gasteiger partial charge is 0.508 e. The molecule has 0 bridgehead atoms. The highest BCUT2D eigenvalue weighted by molar-refractivity contribution is 5.94. The predicted octanol–water partition coefficient (Wildman–Crippen LogP) is -1.30. The second-order valence-corrected chi connectivity index (χ2v) is 8.76. The minimum absolute atomic E-state index is 0.0400. The first-order valence-electron chi connectivity index (χ1n) is 11.3. The summed E-state index contributed by atoms with van der Waals surface area (Å²) < 4.78 is 0. The Labute approximate surface area is 208 Å². The molecule has 0 spiro atoms. The third-order valence-corrected chi connectivity index (χ3v) is 5.35. The van der Waals surface area contributed by atoms with Crippen LogP contribution >= 0.6 is 0 Å². The molecule has 0 fully saturated rings. The quantitative estimate of drug-likeness (QED) is 0.147. The molecule has 0 radical (unpaired) electrons. The summed E-state index contributed by atoms with van der Waals surface area (Å²) >= 11 is 0. The van der Waals surface area contributed by atoms with Crippen LogP contribution in [-0.2, 0) is 30.4 Å². The molecule has 0 saturated carbocycles. The first-order chi connectivity index (χ1) is 16.7. The van der Waals surface area contributed by atoms with E-state index in [1.54, 1.807) is 13.8 Å². The van der Waals surface area contributed by atoms with Crippen molar-refractivity contribution in [1.82, 2.24) is 16.0 Å². The van der Waals surface area contributed by atoms with Crippen LogP contribution in [0.5, 0.6) is 5.75 Å². The number of aromatic hydroxyl groups is 1. The Morgan fingerprint density at radius 3 is 1.89 bits per heavy atom. The minimum Gasteiger partial charge on any atom is -0.508 e. The Kier molecular flexibility index (Phi) is 11.8. The van der Waals surface area contributed by atoms with Crippen molar-refractivity contribution >= 4 is 29.7 Å². The fourth-order valence-electron chi connectivity index (χ4n) is 3.09. The number of hydrogen-bond donors (Lipinski definition) is 8. The van der Waals surface area contributed by atoms with E-state index >= 15 is 0 Å². The summed E-state index contributed by atoms with van der Waals surface area (Å²) in [5.41, 5.74) is 6.29. The molecular weight excluding hydrogens is 476 g/mol. The Morgan fingerprint density at radius 2 is 1.42 bits per heavy atom. The molecule has 0 aliphatic carbocycles. The van der Waals surface area contributed by atoms with Crippen molar-refractivity contribution < 1.29 is 44.4 Å². The monoisotopic (exact) mass is 510 g/mol. The Balaban J connectivity index is 3.14. The van der Waals surface area contributed by atoms with Crippen molar-refractivity contribution in [3.8, 4) is 5.75 Å². The molecule has 0 aliphatic rings. The lowest BCUT2D eigenvalue weighted by Crippen LogP contribution is -2.60. The van der Waals surface area contributed by atoms with Crippen LogP contribution in [0.25, 0.3) is 0 Å². The first kappa shape index (κ1) is 30.3. The minimum atomic E-state index is -1.54. The van der Waals surface area contributed by atoms with E-state index in [0.717, 1.165) is 0 Å². The van der Waals surface area contributed by atoms with Crippen LogP contribution in [-0.4, -0.2) is 80.4 Å². The molecule has 0 saturated heterocycles. The van der Waals surface area contributed by atoms with E-state index in [1.165, 1.54) is 31.2 Å². The van der Waals surface area contributed by atoms with Gasteiger partial charge in [0.25, 0.3) is 0 Å². The predicted molar refractivity (Wildman–Crippen MR) is 127 cm³/mol. The van der Waals surface area contributed by atoms with Crippen molar-refractivity contribution in [2.45, 2.75) is 70.3 Å². The molecule has 3 amide bonds. The lowest BCUT2D eigenvalue weighted by molar-refractivity contribution is -0.143. The summed E-state index contributed by atoms with van der Waals surface area (Å²) in [7, 11) is 0. The summed E-state index contributed by atoms with van der Waals surface area (Å²) in [5.74, 6) is -5.55. The van der Waals surface area contributed by atoms with E-state index in [2.05, 4.69) is 16.0 Å². The van der Waals surface area contributed by atoms with E-state index in [-0.39, 0.29) is 18.1 Å².